The Morgan fingerprint density at radius 1 is 1.32 bits per heavy atom. The maximum absolute atomic E-state index is 12.4. The van der Waals surface area contributed by atoms with Crippen molar-refractivity contribution in [1.29, 1.82) is 0 Å². The molecule has 0 atom stereocenters. The molecule has 1 aliphatic heterocycles. The summed E-state index contributed by atoms with van der Waals surface area (Å²) in [4.78, 5) is 11.1. The summed E-state index contributed by atoms with van der Waals surface area (Å²) in [7, 11) is -3.61. The molecule has 1 saturated heterocycles. The average Bonchev–Trinajstić information content (AvgIpc) is 2.39. The SMILES string of the molecule is O=C(O)c1cc(S(=O)(=O)N2CCNCC2)ccc1I. The lowest BCUT2D eigenvalue weighted by Crippen LogP contribution is -2.46. The largest absolute Gasteiger partial charge is 0.478 e. The lowest BCUT2D eigenvalue weighted by molar-refractivity contribution is 0.0695. The molecule has 0 aliphatic carbocycles. The van der Waals surface area contributed by atoms with Crippen molar-refractivity contribution in [2.75, 3.05) is 26.2 Å². The van der Waals surface area contributed by atoms with Gasteiger partial charge in [-0.15, -0.1) is 0 Å². The number of hydrogen-bond acceptors (Lipinski definition) is 4. The fourth-order valence-electron chi connectivity index (χ4n) is 1.86. The Balaban J connectivity index is 2.40. The molecule has 1 heterocycles. The normalized spacial score (nSPS) is 17.3. The number of nitrogens with one attached hydrogen (secondary N) is 1. The number of hydrogen-bond donors (Lipinski definition) is 2. The van der Waals surface area contributed by atoms with E-state index in [4.69, 9.17) is 5.11 Å². The second-order valence-corrected chi connectivity index (χ2v) is 7.20. The van der Waals surface area contributed by atoms with Crippen LogP contribution in [0.15, 0.2) is 23.1 Å². The minimum absolute atomic E-state index is 0.0109. The number of aromatic carboxylic acids is 1. The van der Waals surface area contributed by atoms with Crippen LogP contribution < -0.4 is 5.32 Å². The molecule has 8 heteroatoms. The third-order valence-corrected chi connectivity index (χ3v) is 5.72. The number of benzene rings is 1. The van der Waals surface area contributed by atoms with E-state index < -0.39 is 16.0 Å². The van der Waals surface area contributed by atoms with Crippen LogP contribution in [0.5, 0.6) is 0 Å². The zero-order chi connectivity index (χ0) is 14.0. The van der Waals surface area contributed by atoms with Gasteiger partial charge in [-0.1, -0.05) is 0 Å². The van der Waals surface area contributed by atoms with E-state index in [2.05, 4.69) is 5.32 Å². The third-order valence-electron chi connectivity index (χ3n) is 2.88. The van der Waals surface area contributed by atoms with Crippen LogP contribution >= 0.6 is 22.6 Å². The van der Waals surface area contributed by atoms with Crippen LogP contribution in [0.1, 0.15) is 10.4 Å². The lowest BCUT2D eigenvalue weighted by Gasteiger charge is -2.26. The first kappa shape index (κ1) is 14.7. The van der Waals surface area contributed by atoms with Gasteiger partial charge in [0.25, 0.3) is 0 Å². The van der Waals surface area contributed by atoms with Crippen LogP contribution in [0.4, 0.5) is 0 Å². The monoisotopic (exact) mass is 396 g/mol. The molecule has 1 aromatic carbocycles. The topological polar surface area (TPSA) is 86.7 Å². The highest BCUT2D eigenvalue weighted by Crippen LogP contribution is 2.21. The van der Waals surface area contributed by atoms with Gasteiger partial charge in [0.05, 0.1) is 10.5 Å². The van der Waals surface area contributed by atoms with E-state index in [-0.39, 0.29) is 10.5 Å². The van der Waals surface area contributed by atoms with Gasteiger partial charge in [-0.05, 0) is 40.8 Å². The first-order valence-corrected chi connectivity index (χ1v) is 8.18. The molecule has 1 aliphatic rings. The summed E-state index contributed by atoms with van der Waals surface area (Å²) in [6, 6.07) is 4.19. The number of nitrogens with zero attached hydrogens (tertiary/aromatic N) is 1. The van der Waals surface area contributed by atoms with Gasteiger partial charge >= 0.3 is 5.97 Å². The van der Waals surface area contributed by atoms with E-state index in [1.807, 2.05) is 22.6 Å². The van der Waals surface area contributed by atoms with Crippen molar-refractivity contribution in [1.82, 2.24) is 9.62 Å². The molecule has 2 N–H and O–H groups in total. The molecule has 19 heavy (non-hydrogen) atoms. The number of piperazine rings is 1. The van der Waals surface area contributed by atoms with Crippen LogP contribution in [0, 0.1) is 3.57 Å². The lowest BCUT2D eigenvalue weighted by atomic mass is 10.2. The Morgan fingerprint density at radius 3 is 2.53 bits per heavy atom. The number of sulfonamides is 1. The van der Waals surface area contributed by atoms with Crippen molar-refractivity contribution in [3.05, 3.63) is 27.3 Å². The van der Waals surface area contributed by atoms with Crippen molar-refractivity contribution in [2.45, 2.75) is 4.90 Å². The highest BCUT2D eigenvalue weighted by Gasteiger charge is 2.26. The van der Waals surface area contributed by atoms with Crippen LogP contribution in [0.25, 0.3) is 0 Å². The summed E-state index contributed by atoms with van der Waals surface area (Å²) in [5.74, 6) is -1.12. The van der Waals surface area contributed by atoms with Gasteiger partial charge in [0.2, 0.25) is 10.0 Å². The van der Waals surface area contributed by atoms with Crippen molar-refractivity contribution in [2.24, 2.45) is 0 Å². The quantitative estimate of drug-likeness (QED) is 0.731. The van der Waals surface area contributed by atoms with E-state index in [0.29, 0.717) is 29.7 Å². The Hall–Kier alpha value is -0.710. The molecule has 1 fully saturated rings. The molecular weight excluding hydrogens is 383 g/mol. The standard InChI is InChI=1S/C11H13IN2O4S/c12-10-2-1-8(7-9(10)11(15)16)19(17,18)14-5-3-13-4-6-14/h1-2,7,13H,3-6H2,(H,15,16). The molecule has 2 rings (SSSR count). The minimum Gasteiger partial charge on any atom is -0.478 e. The van der Waals surface area contributed by atoms with E-state index in [9.17, 15) is 13.2 Å². The molecule has 0 bridgehead atoms. The van der Waals surface area contributed by atoms with Crippen LogP contribution in [0.2, 0.25) is 0 Å². The predicted molar refractivity (Wildman–Crippen MR) is 77.7 cm³/mol. The second-order valence-electron chi connectivity index (χ2n) is 4.10. The van der Waals surface area contributed by atoms with E-state index in [1.54, 1.807) is 0 Å². The van der Waals surface area contributed by atoms with Gasteiger partial charge in [0.15, 0.2) is 0 Å². The van der Waals surface area contributed by atoms with Crippen LogP contribution in [-0.2, 0) is 10.0 Å². The molecule has 6 nitrogen and oxygen atoms in total. The van der Waals surface area contributed by atoms with Gasteiger partial charge < -0.3 is 10.4 Å². The molecule has 0 aromatic heterocycles. The fourth-order valence-corrected chi connectivity index (χ4v) is 3.90. The highest BCUT2D eigenvalue weighted by atomic mass is 127. The summed E-state index contributed by atoms with van der Waals surface area (Å²) in [6.45, 7) is 2.01. The zero-order valence-electron chi connectivity index (χ0n) is 9.97. The third kappa shape index (κ3) is 3.07. The van der Waals surface area contributed by atoms with Gasteiger partial charge in [-0.3, -0.25) is 0 Å². The van der Waals surface area contributed by atoms with Gasteiger partial charge in [0, 0.05) is 29.7 Å². The Labute approximate surface area is 125 Å². The van der Waals surface area contributed by atoms with Crippen LogP contribution in [-0.4, -0.2) is 50.0 Å². The highest BCUT2D eigenvalue weighted by molar-refractivity contribution is 14.1. The van der Waals surface area contributed by atoms with Crippen molar-refractivity contribution < 1.29 is 18.3 Å². The van der Waals surface area contributed by atoms with Gasteiger partial charge in [-0.25, -0.2) is 13.2 Å². The summed E-state index contributed by atoms with van der Waals surface area (Å²) >= 11 is 1.88. The van der Waals surface area contributed by atoms with Crippen molar-refractivity contribution in [3.8, 4) is 0 Å². The van der Waals surface area contributed by atoms with Gasteiger partial charge in [-0.2, -0.15) is 4.31 Å². The number of halogens is 1. The first-order chi connectivity index (χ1) is 8.93. The fraction of sp³-hybridized carbons (Fsp3) is 0.364. The summed E-state index contributed by atoms with van der Waals surface area (Å²) < 4.78 is 26.6. The molecular formula is C11H13IN2O4S. The Kier molecular flexibility index (Phi) is 4.43. The molecule has 0 saturated carbocycles. The average molecular weight is 396 g/mol. The molecule has 0 unspecified atom stereocenters. The predicted octanol–water partition coefficient (Wildman–Crippen LogP) is 0.583. The maximum atomic E-state index is 12.4. The smallest absolute Gasteiger partial charge is 0.336 e. The van der Waals surface area contributed by atoms with E-state index >= 15 is 0 Å². The molecule has 0 amide bonds. The van der Waals surface area contributed by atoms with E-state index in [0.717, 1.165) is 0 Å². The molecule has 104 valence electrons. The number of carbonyl (C=O) groups is 1. The van der Waals surface area contributed by atoms with Crippen molar-refractivity contribution in [3.63, 3.8) is 0 Å². The van der Waals surface area contributed by atoms with Gasteiger partial charge in [0.1, 0.15) is 0 Å². The van der Waals surface area contributed by atoms with E-state index in [1.165, 1.54) is 22.5 Å². The number of rotatable bonds is 3. The molecule has 0 radical (unpaired) electrons. The molecule has 0 spiro atoms. The Bertz CT molecular complexity index is 597. The minimum atomic E-state index is -3.61. The number of carboxylic acid groups (broad SMARTS) is 1. The van der Waals surface area contributed by atoms with Crippen molar-refractivity contribution >= 4 is 38.6 Å². The number of carboxylic acids is 1. The summed E-state index contributed by atoms with van der Waals surface area (Å²) in [5, 5.41) is 12.1. The second kappa shape index (κ2) is 5.73. The first-order valence-electron chi connectivity index (χ1n) is 5.66. The summed E-state index contributed by atoms with van der Waals surface area (Å²) in [5.41, 5.74) is 0.0109. The zero-order valence-corrected chi connectivity index (χ0v) is 12.9. The summed E-state index contributed by atoms with van der Waals surface area (Å²) in [6.07, 6.45) is 0. The maximum Gasteiger partial charge on any atom is 0.336 e. The Morgan fingerprint density at radius 2 is 1.95 bits per heavy atom. The van der Waals surface area contributed by atoms with Crippen LogP contribution in [0.3, 0.4) is 0 Å². The molecule has 1 aromatic rings.